The van der Waals surface area contributed by atoms with E-state index in [1.807, 2.05) is 0 Å². The van der Waals surface area contributed by atoms with Crippen LogP contribution in [-0.4, -0.2) is 50.2 Å². The molecule has 1 aromatic rings. The van der Waals surface area contributed by atoms with Gasteiger partial charge in [-0.2, -0.15) is 0 Å². The fourth-order valence-corrected chi connectivity index (χ4v) is 3.39. The fourth-order valence-electron chi connectivity index (χ4n) is 3.21. The van der Waals surface area contributed by atoms with Gasteiger partial charge in [-0.1, -0.05) is 56.2 Å². The number of hydrogen-bond acceptors (Lipinski definition) is 4. The highest BCUT2D eigenvalue weighted by molar-refractivity contribution is 6.17. The maximum Gasteiger partial charge on any atom is 0.325 e. The molecule has 2 rings (SSSR count). The van der Waals surface area contributed by atoms with Crippen LogP contribution in [0.4, 0.5) is 0 Å². The van der Waals surface area contributed by atoms with Crippen molar-refractivity contribution in [3.8, 4) is 0 Å². The lowest BCUT2D eigenvalue weighted by atomic mass is 9.62. The zero-order valence-electron chi connectivity index (χ0n) is 16.5. The lowest BCUT2D eigenvalue weighted by molar-refractivity contribution is -0.173. The molecule has 1 aliphatic rings. The Morgan fingerprint density at radius 3 is 1.80 bits per heavy atom. The Morgan fingerprint density at radius 2 is 1.43 bits per heavy atom. The highest BCUT2D eigenvalue weighted by atomic mass is 35.5. The van der Waals surface area contributed by atoms with Crippen LogP contribution < -0.4 is 0 Å². The first-order valence-corrected chi connectivity index (χ1v) is 9.87. The summed E-state index contributed by atoms with van der Waals surface area (Å²) in [6.45, 7) is 2.17. The van der Waals surface area contributed by atoms with Crippen molar-refractivity contribution in [1.82, 2.24) is 0 Å². The molecule has 164 valence electrons. The van der Waals surface area contributed by atoms with Crippen LogP contribution in [0.15, 0.2) is 36.4 Å². The van der Waals surface area contributed by atoms with Gasteiger partial charge < -0.3 is 20.4 Å². The summed E-state index contributed by atoms with van der Waals surface area (Å²) < 4.78 is 0. The molecule has 30 heavy (non-hydrogen) atoms. The Labute approximate surface area is 178 Å². The first-order valence-electron chi connectivity index (χ1n) is 9.34. The lowest BCUT2D eigenvalue weighted by Crippen LogP contribution is -2.51. The summed E-state index contributed by atoms with van der Waals surface area (Å²) in [5.74, 6) is -6.34. The molecular formula is C21H25ClO8. The predicted octanol–water partition coefficient (Wildman–Crippen LogP) is 3.59. The molecule has 0 saturated heterocycles. The Morgan fingerprint density at radius 1 is 0.900 bits per heavy atom. The SMILES string of the molecule is CCCCCCl.O=C(O)C1(C(=O)O)C=C(c2ccccc2)CC(C(=O)O)(C(=O)O)C1. The molecule has 1 aromatic carbocycles. The number of hydrogen-bond donors (Lipinski definition) is 4. The second-order valence-corrected chi connectivity index (χ2v) is 7.44. The normalized spacial score (nSPS) is 16.4. The molecule has 0 unspecified atom stereocenters. The van der Waals surface area contributed by atoms with E-state index in [1.54, 1.807) is 18.2 Å². The fraction of sp³-hybridized carbons (Fsp3) is 0.429. The molecule has 0 fully saturated rings. The summed E-state index contributed by atoms with van der Waals surface area (Å²) in [6.07, 6.45) is 3.08. The van der Waals surface area contributed by atoms with Crippen LogP contribution >= 0.6 is 11.6 Å². The van der Waals surface area contributed by atoms with Gasteiger partial charge >= 0.3 is 23.9 Å². The predicted molar refractivity (Wildman–Crippen MR) is 109 cm³/mol. The number of benzene rings is 1. The highest BCUT2D eigenvalue weighted by Gasteiger charge is 2.61. The molecule has 0 heterocycles. The minimum atomic E-state index is -2.64. The number of carboxylic acids is 4. The molecular weight excluding hydrogens is 416 g/mol. The first-order chi connectivity index (χ1) is 14.1. The van der Waals surface area contributed by atoms with Gasteiger partial charge in [0.1, 0.15) is 0 Å². The molecule has 0 spiro atoms. The molecule has 4 N–H and O–H groups in total. The van der Waals surface area contributed by atoms with E-state index in [1.165, 1.54) is 31.4 Å². The van der Waals surface area contributed by atoms with Crippen molar-refractivity contribution in [2.45, 2.75) is 39.0 Å². The minimum absolute atomic E-state index is 0.0523. The van der Waals surface area contributed by atoms with Gasteiger partial charge in [0, 0.05) is 12.3 Å². The molecule has 0 radical (unpaired) electrons. The Kier molecular flexibility index (Phi) is 9.04. The van der Waals surface area contributed by atoms with E-state index < -0.39 is 47.5 Å². The molecule has 0 aromatic heterocycles. The van der Waals surface area contributed by atoms with E-state index >= 15 is 0 Å². The number of allylic oxidation sites excluding steroid dienone is 1. The maximum atomic E-state index is 11.6. The standard InChI is InChI=1S/C16H14O8.C5H11Cl/c17-11(18)15(12(19)20)6-10(9-4-2-1-3-5-9)7-16(8-15,13(21)22)14(23)24;1-2-3-4-5-6/h1-6H,7-8H2,(H,17,18)(H,19,20)(H,21,22)(H,23,24);2-5H2,1H3. The van der Waals surface area contributed by atoms with E-state index in [-0.39, 0.29) is 5.57 Å². The van der Waals surface area contributed by atoms with Crippen LogP contribution in [0.2, 0.25) is 0 Å². The molecule has 0 saturated carbocycles. The number of halogens is 1. The van der Waals surface area contributed by atoms with E-state index in [0.29, 0.717) is 5.56 Å². The smallest absolute Gasteiger partial charge is 0.325 e. The number of alkyl halides is 1. The Bertz CT molecular complexity index is 784. The van der Waals surface area contributed by atoms with E-state index in [0.717, 1.165) is 12.0 Å². The topological polar surface area (TPSA) is 149 Å². The van der Waals surface area contributed by atoms with Gasteiger partial charge in [-0.25, -0.2) is 0 Å². The third-order valence-corrected chi connectivity index (χ3v) is 5.22. The monoisotopic (exact) mass is 440 g/mol. The van der Waals surface area contributed by atoms with Crippen LogP contribution in [-0.2, 0) is 19.2 Å². The summed E-state index contributed by atoms with van der Waals surface area (Å²) in [5.41, 5.74) is -4.76. The summed E-state index contributed by atoms with van der Waals surface area (Å²) in [6, 6.07) is 7.91. The molecule has 1 aliphatic carbocycles. The van der Waals surface area contributed by atoms with Crippen LogP contribution in [0.25, 0.3) is 5.57 Å². The van der Waals surface area contributed by atoms with Crippen LogP contribution in [0.1, 0.15) is 44.6 Å². The highest BCUT2D eigenvalue weighted by Crippen LogP contribution is 2.49. The molecule has 0 atom stereocenters. The quantitative estimate of drug-likeness (QED) is 0.272. The van der Waals surface area contributed by atoms with Crippen molar-refractivity contribution < 1.29 is 39.6 Å². The van der Waals surface area contributed by atoms with Gasteiger partial charge in [0.05, 0.1) is 0 Å². The number of carboxylic acid groups (broad SMARTS) is 4. The summed E-state index contributed by atoms with van der Waals surface area (Å²) in [4.78, 5) is 46.5. The van der Waals surface area contributed by atoms with Gasteiger partial charge in [-0.05, 0) is 24.0 Å². The third-order valence-electron chi connectivity index (χ3n) is 4.96. The molecule has 0 amide bonds. The van der Waals surface area contributed by atoms with Crippen molar-refractivity contribution in [2.75, 3.05) is 5.88 Å². The van der Waals surface area contributed by atoms with Gasteiger partial charge in [0.15, 0.2) is 10.8 Å². The van der Waals surface area contributed by atoms with Crippen molar-refractivity contribution >= 4 is 41.1 Å². The summed E-state index contributed by atoms with van der Waals surface area (Å²) in [5, 5.41) is 37.7. The van der Waals surface area contributed by atoms with Crippen LogP contribution in [0, 0.1) is 10.8 Å². The number of carbonyl (C=O) groups is 4. The molecule has 0 bridgehead atoms. The van der Waals surface area contributed by atoms with Crippen molar-refractivity contribution in [3.63, 3.8) is 0 Å². The summed E-state index contributed by atoms with van der Waals surface area (Å²) >= 11 is 5.38. The average Bonchev–Trinajstić information content (AvgIpc) is 2.72. The van der Waals surface area contributed by atoms with E-state index in [9.17, 15) is 39.6 Å². The van der Waals surface area contributed by atoms with E-state index in [4.69, 9.17) is 11.6 Å². The molecule has 9 heteroatoms. The van der Waals surface area contributed by atoms with Gasteiger partial charge in [-0.3, -0.25) is 19.2 Å². The largest absolute Gasteiger partial charge is 0.480 e. The van der Waals surface area contributed by atoms with Crippen LogP contribution in [0.5, 0.6) is 0 Å². The second kappa shape index (κ2) is 10.8. The van der Waals surface area contributed by atoms with Crippen LogP contribution in [0.3, 0.4) is 0 Å². The lowest BCUT2D eigenvalue weighted by Gasteiger charge is -2.37. The van der Waals surface area contributed by atoms with Crippen molar-refractivity contribution in [3.05, 3.63) is 42.0 Å². The molecule has 8 nitrogen and oxygen atoms in total. The molecule has 0 aliphatic heterocycles. The van der Waals surface area contributed by atoms with Crippen molar-refractivity contribution in [2.24, 2.45) is 10.8 Å². The first kappa shape index (κ1) is 25.2. The summed E-state index contributed by atoms with van der Waals surface area (Å²) in [7, 11) is 0. The second-order valence-electron chi connectivity index (χ2n) is 7.06. The third kappa shape index (κ3) is 5.38. The number of rotatable bonds is 8. The zero-order valence-corrected chi connectivity index (χ0v) is 17.3. The Hall–Kier alpha value is -2.87. The van der Waals surface area contributed by atoms with Crippen molar-refractivity contribution in [1.29, 1.82) is 0 Å². The number of aliphatic carboxylic acids is 4. The zero-order chi connectivity index (χ0) is 22.9. The average molecular weight is 441 g/mol. The minimum Gasteiger partial charge on any atom is -0.480 e. The van der Waals surface area contributed by atoms with E-state index in [2.05, 4.69) is 6.92 Å². The Balaban J connectivity index is 0.000000656. The maximum absolute atomic E-state index is 11.6. The van der Waals surface area contributed by atoms with Gasteiger partial charge in [0.25, 0.3) is 0 Å². The number of unbranched alkanes of at least 4 members (excludes halogenated alkanes) is 2. The van der Waals surface area contributed by atoms with Gasteiger partial charge in [-0.15, -0.1) is 11.6 Å². The van der Waals surface area contributed by atoms with Gasteiger partial charge in [0.2, 0.25) is 0 Å².